The molecule has 0 radical (unpaired) electrons. The van der Waals surface area contributed by atoms with Crippen LogP contribution in [0.2, 0.25) is 0 Å². The highest BCUT2D eigenvalue weighted by atomic mass is 16.5. The lowest BCUT2D eigenvalue weighted by molar-refractivity contribution is -0.128. The zero-order valence-corrected chi connectivity index (χ0v) is 26.4. The number of hydrogen-bond donors (Lipinski definition) is 3. The minimum Gasteiger partial charge on any atom is -0.493 e. The van der Waals surface area contributed by atoms with Gasteiger partial charge in [0.1, 0.15) is 0 Å². The lowest BCUT2D eigenvalue weighted by atomic mass is 9.80. The molecule has 9 heteroatoms. The molecule has 9 nitrogen and oxygen atoms in total. The Balaban J connectivity index is 2.01. The Hall–Kier alpha value is -1.91. The molecule has 1 aromatic carbocycles. The molecule has 0 bridgehead atoms. The molecule has 4 N–H and O–H groups in total. The van der Waals surface area contributed by atoms with Crippen LogP contribution < -0.4 is 20.5 Å². The van der Waals surface area contributed by atoms with E-state index in [4.69, 9.17) is 29.4 Å². The summed E-state index contributed by atoms with van der Waals surface area (Å²) in [5.41, 5.74) is 7.73. The molecule has 0 unspecified atom stereocenters. The number of carbonyl (C=O) groups is 1. The first-order valence-electron chi connectivity index (χ1n) is 15.2. The molecule has 1 aliphatic heterocycles. The predicted molar refractivity (Wildman–Crippen MR) is 161 cm³/mol. The Morgan fingerprint density at radius 3 is 2.49 bits per heavy atom. The Kier molecular flexibility index (Phi) is 16.0. The highest BCUT2D eigenvalue weighted by molar-refractivity contribution is 5.79. The molecule has 1 aliphatic rings. The lowest BCUT2D eigenvalue weighted by Gasteiger charge is -2.31. The minimum absolute atomic E-state index is 0.00863. The van der Waals surface area contributed by atoms with E-state index in [1.165, 1.54) is 0 Å². The summed E-state index contributed by atoms with van der Waals surface area (Å²) in [7, 11) is 4.99. The lowest BCUT2D eigenvalue weighted by Crippen LogP contribution is -2.45. The van der Waals surface area contributed by atoms with Crippen LogP contribution in [0.1, 0.15) is 65.4 Å². The van der Waals surface area contributed by atoms with E-state index in [0.717, 1.165) is 37.0 Å². The molecule has 236 valence electrons. The van der Waals surface area contributed by atoms with Gasteiger partial charge in [0, 0.05) is 51.9 Å². The second-order valence-electron chi connectivity index (χ2n) is 12.1. The van der Waals surface area contributed by atoms with E-state index in [0.29, 0.717) is 50.9 Å². The first-order chi connectivity index (χ1) is 19.6. The average molecular weight is 581 g/mol. The van der Waals surface area contributed by atoms with E-state index in [1.807, 2.05) is 26.0 Å². The van der Waals surface area contributed by atoms with Gasteiger partial charge in [-0.05, 0) is 67.6 Å². The molecular weight excluding hydrogens is 524 g/mol. The fraction of sp³-hybridized carbons (Fsp3) is 0.781. The van der Waals surface area contributed by atoms with Gasteiger partial charge in [0.25, 0.3) is 0 Å². The molecule has 1 saturated heterocycles. The molecule has 1 amide bonds. The van der Waals surface area contributed by atoms with Crippen molar-refractivity contribution < 1.29 is 33.6 Å². The van der Waals surface area contributed by atoms with E-state index in [9.17, 15) is 9.90 Å². The number of aliphatic hydroxyl groups is 1. The summed E-state index contributed by atoms with van der Waals surface area (Å²) in [4.78, 5) is 13.3. The number of nitrogens with two attached hydrogens (primary N) is 1. The second kappa shape index (κ2) is 18.6. The summed E-state index contributed by atoms with van der Waals surface area (Å²) in [6.07, 6.45) is 3.23. The van der Waals surface area contributed by atoms with Crippen LogP contribution in [0.15, 0.2) is 18.2 Å². The first kappa shape index (κ1) is 35.3. The second-order valence-corrected chi connectivity index (χ2v) is 12.1. The van der Waals surface area contributed by atoms with E-state index in [2.05, 4.69) is 25.2 Å². The van der Waals surface area contributed by atoms with Crippen molar-refractivity contribution in [1.29, 1.82) is 0 Å². The summed E-state index contributed by atoms with van der Waals surface area (Å²) >= 11 is 0. The Bertz CT molecular complexity index is 882. The quantitative estimate of drug-likeness (QED) is 0.223. The Morgan fingerprint density at radius 2 is 1.85 bits per heavy atom. The zero-order chi connectivity index (χ0) is 30.4. The van der Waals surface area contributed by atoms with Crippen LogP contribution in [0, 0.1) is 23.7 Å². The summed E-state index contributed by atoms with van der Waals surface area (Å²) in [5, 5.41) is 14.4. The van der Waals surface area contributed by atoms with Crippen LogP contribution in [-0.4, -0.2) is 83.1 Å². The zero-order valence-electron chi connectivity index (χ0n) is 26.4. The number of aliphatic hydroxyl groups excluding tert-OH is 1. The Labute approximate surface area is 247 Å². The summed E-state index contributed by atoms with van der Waals surface area (Å²) in [5.74, 6) is 1.72. The predicted octanol–water partition coefficient (Wildman–Crippen LogP) is 3.98. The van der Waals surface area contributed by atoms with Crippen LogP contribution in [0.25, 0.3) is 0 Å². The molecule has 1 fully saturated rings. The van der Waals surface area contributed by atoms with Gasteiger partial charge in [0.15, 0.2) is 11.5 Å². The Morgan fingerprint density at radius 1 is 1.10 bits per heavy atom. The van der Waals surface area contributed by atoms with Crippen molar-refractivity contribution >= 4 is 5.91 Å². The van der Waals surface area contributed by atoms with Crippen LogP contribution in [-0.2, 0) is 25.4 Å². The third-order valence-corrected chi connectivity index (χ3v) is 8.27. The van der Waals surface area contributed by atoms with E-state index in [-0.39, 0.29) is 35.8 Å². The topological polar surface area (TPSA) is 122 Å². The van der Waals surface area contributed by atoms with Crippen molar-refractivity contribution in [3.8, 4) is 11.5 Å². The maximum atomic E-state index is 13.3. The number of amides is 1. The number of carbonyl (C=O) groups excluding carboxylic acids is 1. The molecule has 0 aliphatic carbocycles. The normalized spacial score (nSPS) is 20.8. The number of ether oxygens (including phenoxy) is 5. The van der Waals surface area contributed by atoms with Crippen molar-refractivity contribution in [2.45, 2.75) is 90.5 Å². The molecule has 1 heterocycles. The van der Waals surface area contributed by atoms with Gasteiger partial charge in [-0.1, -0.05) is 33.8 Å². The van der Waals surface area contributed by atoms with Gasteiger partial charge < -0.3 is 39.8 Å². The fourth-order valence-corrected chi connectivity index (χ4v) is 5.41. The van der Waals surface area contributed by atoms with Gasteiger partial charge in [-0.2, -0.15) is 0 Å². The van der Waals surface area contributed by atoms with Crippen LogP contribution in [0.3, 0.4) is 0 Å². The standard InChI is InChI=1S/C32H56N2O7/c1-21(2)24(15-23-9-10-30(39-7)31(16-23)41-13-8-12-37-5)17-28(33)29(35)19-27(22(3)4)32(36)34-25-11-14-40-20-26(18-25)38-6/h9-10,16,21-22,24-29,35H,8,11-15,17-20,33H2,1-7H3,(H,34,36)/t24-,25-,26+,27-,28-,29-/m0/s1. The molecule has 2 rings (SSSR count). The number of methoxy groups -OCH3 is 3. The number of benzene rings is 1. The maximum Gasteiger partial charge on any atom is 0.223 e. The van der Waals surface area contributed by atoms with Crippen LogP contribution in [0.5, 0.6) is 11.5 Å². The third kappa shape index (κ3) is 12.1. The molecule has 1 aromatic rings. The molecule has 41 heavy (non-hydrogen) atoms. The molecular formula is C32H56N2O7. The van der Waals surface area contributed by atoms with Crippen molar-refractivity contribution in [3.05, 3.63) is 23.8 Å². The number of hydrogen-bond acceptors (Lipinski definition) is 8. The monoisotopic (exact) mass is 580 g/mol. The van der Waals surface area contributed by atoms with Crippen LogP contribution in [0.4, 0.5) is 0 Å². The fourth-order valence-electron chi connectivity index (χ4n) is 5.41. The van der Waals surface area contributed by atoms with Crippen molar-refractivity contribution in [1.82, 2.24) is 5.32 Å². The summed E-state index contributed by atoms with van der Waals surface area (Å²) in [6.45, 7) is 10.7. The van der Waals surface area contributed by atoms with Gasteiger partial charge in [0.05, 0.1) is 32.5 Å². The molecule has 0 spiro atoms. The van der Waals surface area contributed by atoms with Crippen molar-refractivity contribution in [2.24, 2.45) is 29.4 Å². The van der Waals surface area contributed by atoms with Gasteiger partial charge in [-0.3, -0.25) is 4.79 Å². The van der Waals surface area contributed by atoms with E-state index < -0.39 is 12.1 Å². The van der Waals surface area contributed by atoms with Crippen molar-refractivity contribution in [2.75, 3.05) is 47.8 Å². The molecule has 6 atom stereocenters. The van der Waals surface area contributed by atoms with Gasteiger partial charge in [-0.25, -0.2) is 0 Å². The number of rotatable bonds is 18. The largest absolute Gasteiger partial charge is 0.493 e. The molecule has 0 saturated carbocycles. The minimum atomic E-state index is -0.783. The SMILES string of the molecule is COCCCOc1cc(C[C@@H](C[C@H](N)[C@@H](O)C[C@H](C(=O)N[C@H]2CCOC[C@H](OC)C2)C(C)C)C(C)C)ccc1OC. The third-order valence-electron chi connectivity index (χ3n) is 8.27. The molecule has 0 aromatic heterocycles. The number of nitrogens with one attached hydrogen (secondary N) is 1. The first-order valence-corrected chi connectivity index (χ1v) is 15.2. The van der Waals surface area contributed by atoms with Gasteiger partial charge in [0.2, 0.25) is 5.91 Å². The average Bonchev–Trinajstić information content (AvgIpc) is 3.18. The van der Waals surface area contributed by atoms with E-state index >= 15 is 0 Å². The van der Waals surface area contributed by atoms with Gasteiger partial charge >= 0.3 is 0 Å². The van der Waals surface area contributed by atoms with Crippen LogP contribution >= 0.6 is 0 Å². The van der Waals surface area contributed by atoms with E-state index in [1.54, 1.807) is 21.3 Å². The maximum absolute atomic E-state index is 13.3. The highest BCUT2D eigenvalue weighted by Crippen LogP contribution is 2.32. The summed E-state index contributed by atoms with van der Waals surface area (Å²) in [6, 6.07) is 5.59. The summed E-state index contributed by atoms with van der Waals surface area (Å²) < 4.78 is 27.7. The smallest absolute Gasteiger partial charge is 0.223 e. The highest BCUT2D eigenvalue weighted by Gasteiger charge is 2.31. The van der Waals surface area contributed by atoms with Crippen molar-refractivity contribution in [3.63, 3.8) is 0 Å². The van der Waals surface area contributed by atoms with Gasteiger partial charge in [-0.15, -0.1) is 0 Å².